The van der Waals surface area contributed by atoms with Crippen LogP contribution in [0.15, 0.2) is 64.7 Å². The average molecular weight is 562 g/mol. The predicted octanol–water partition coefficient (Wildman–Crippen LogP) is 4.91. The number of pyridine rings is 1. The highest BCUT2D eigenvalue weighted by molar-refractivity contribution is 7.92. The molecule has 202 valence electrons. The number of hydrogen-bond acceptors (Lipinski definition) is 7. The van der Waals surface area contributed by atoms with Gasteiger partial charge in [0, 0.05) is 48.9 Å². The lowest BCUT2D eigenvalue weighted by Crippen LogP contribution is -2.16. The van der Waals surface area contributed by atoms with Crippen molar-refractivity contribution in [3.8, 4) is 5.75 Å². The standard InChI is InChI=1S/C25H19F4N5O4S/c1-31-10-14(9-30)13-7-17-18(12-33-24(17)32-11-13)23(35)21-19(26)5-6-20(22(21)27)34-39(36,37)16-4-2-3-15(8-16)38-25(28)29/h2-12,14,25,30,34H,1H3,(H,32,33). The number of ether oxygens (including phenoxy) is 1. The third-order valence-corrected chi connectivity index (χ3v) is 6.94. The van der Waals surface area contributed by atoms with Crippen molar-refractivity contribution in [1.29, 1.82) is 5.41 Å². The Balaban J connectivity index is 1.72. The molecule has 2 heterocycles. The first-order valence-electron chi connectivity index (χ1n) is 11.1. The van der Waals surface area contributed by atoms with Gasteiger partial charge >= 0.3 is 6.61 Å². The maximum Gasteiger partial charge on any atom is 0.387 e. The van der Waals surface area contributed by atoms with E-state index in [1.165, 1.54) is 31.7 Å². The van der Waals surface area contributed by atoms with E-state index in [0.29, 0.717) is 11.6 Å². The van der Waals surface area contributed by atoms with Crippen LogP contribution in [0.25, 0.3) is 11.0 Å². The fourth-order valence-electron chi connectivity index (χ4n) is 3.77. The summed E-state index contributed by atoms with van der Waals surface area (Å²) in [6.07, 6.45) is 5.26. The van der Waals surface area contributed by atoms with E-state index in [9.17, 15) is 26.4 Å². The lowest BCUT2D eigenvalue weighted by atomic mass is 9.98. The number of hydrogen-bond donors (Lipinski definition) is 3. The Morgan fingerprint density at radius 3 is 2.67 bits per heavy atom. The van der Waals surface area contributed by atoms with Gasteiger partial charge in [0.25, 0.3) is 10.0 Å². The molecule has 0 spiro atoms. The number of sulfonamides is 1. The summed E-state index contributed by atoms with van der Waals surface area (Å²) < 4.78 is 86.9. The molecule has 3 N–H and O–H groups in total. The number of ketones is 1. The molecule has 0 amide bonds. The van der Waals surface area contributed by atoms with E-state index in [0.717, 1.165) is 36.5 Å². The molecular formula is C25H19F4N5O4S. The molecule has 9 nitrogen and oxygen atoms in total. The molecule has 0 bridgehead atoms. The monoisotopic (exact) mass is 561 g/mol. The molecule has 1 unspecified atom stereocenters. The zero-order valence-corrected chi connectivity index (χ0v) is 20.8. The summed E-state index contributed by atoms with van der Waals surface area (Å²) in [5, 5.41) is 7.80. The number of nitrogens with one attached hydrogen (secondary N) is 3. The van der Waals surface area contributed by atoms with E-state index in [4.69, 9.17) is 5.41 Å². The van der Waals surface area contributed by atoms with Crippen molar-refractivity contribution < 1.29 is 35.5 Å². The van der Waals surface area contributed by atoms with Gasteiger partial charge in [-0.1, -0.05) is 6.07 Å². The molecule has 4 aromatic rings. The number of aliphatic imine (C=N–C) groups is 1. The Kier molecular flexibility index (Phi) is 7.76. The SMILES string of the molecule is CN=CC(C=N)c1cnc2[nH]cc(C(=O)c3c(F)ccc(NS(=O)(=O)c4cccc(OC(F)F)c4)c3F)c2c1. The number of anilines is 1. The third kappa shape index (κ3) is 5.65. The quantitative estimate of drug-likeness (QED) is 0.144. The van der Waals surface area contributed by atoms with Crippen LogP contribution in [0.2, 0.25) is 0 Å². The number of alkyl halides is 2. The largest absolute Gasteiger partial charge is 0.435 e. The minimum absolute atomic E-state index is 0.147. The zero-order valence-electron chi connectivity index (χ0n) is 20.0. The number of aromatic amines is 1. The predicted molar refractivity (Wildman–Crippen MR) is 136 cm³/mol. The van der Waals surface area contributed by atoms with Crippen LogP contribution in [0, 0.1) is 17.0 Å². The number of nitrogens with zero attached hydrogens (tertiary/aromatic N) is 2. The first-order valence-corrected chi connectivity index (χ1v) is 12.5. The summed E-state index contributed by atoms with van der Waals surface area (Å²) in [4.78, 5) is 23.6. The van der Waals surface area contributed by atoms with Crippen LogP contribution in [0.5, 0.6) is 5.75 Å². The average Bonchev–Trinajstić information content (AvgIpc) is 3.32. The van der Waals surface area contributed by atoms with Gasteiger partial charge in [-0.25, -0.2) is 22.2 Å². The zero-order chi connectivity index (χ0) is 28.3. The summed E-state index contributed by atoms with van der Waals surface area (Å²) in [6.45, 7) is -3.20. The molecular weight excluding hydrogens is 542 g/mol. The molecule has 39 heavy (non-hydrogen) atoms. The molecule has 4 rings (SSSR count). The number of fused-ring (bicyclic) bond motifs is 1. The normalized spacial score (nSPS) is 12.7. The lowest BCUT2D eigenvalue weighted by Gasteiger charge is -2.13. The molecule has 0 fully saturated rings. The maximum absolute atomic E-state index is 15.5. The Labute approximate surface area is 219 Å². The summed E-state index contributed by atoms with van der Waals surface area (Å²) >= 11 is 0. The van der Waals surface area contributed by atoms with Crippen LogP contribution in [-0.4, -0.2) is 50.3 Å². The number of halogens is 4. The molecule has 0 aliphatic rings. The number of carbonyl (C=O) groups excluding carboxylic acids is 1. The minimum atomic E-state index is -4.56. The van der Waals surface area contributed by atoms with Crippen molar-refractivity contribution >= 4 is 45.0 Å². The van der Waals surface area contributed by atoms with Crippen LogP contribution >= 0.6 is 0 Å². The van der Waals surface area contributed by atoms with Gasteiger partial charge in [-0.2, -0.15) is 8.78 Å². The molecule has 0 aliphatic heterocycles. The number of benzene rings is 2. The summed E-state index contributed by atoms with van der Waals surface area (Å²) in [5.74, 6) is -4.84. The van der Waals surface area contributed by atoms with Crippen molar-refractivity contribution in [1.82, 2.24) is 9.97 Å². The van der Waals surface area contributed by atoms with Crippen molar-refractivity contribution in [3.05, 3.63) is 83.2 Å². The Morgan fingerprint density at radius 2 is 1.97 bits per heavy atom. The molecule has 2 aromatic heterocycles. The van der Waals surface area contributed by atoms with E-state index < -0.39 is 61.9 Å². The molecule has 1 atom stereocenters. The highest BCUT2D eigenvalue weighted by Gasteiger charge is 2.27. The molecule has 0 saturated carbocycles. The number of H-pyrrole nitrogens is 1. The summed E-state index contributed by atoms with van der Waals surface area (Å²) in [7, 11) is -3.04. The lowest BCUT2D eigenvalue weighted by molar-refractivity contribution is -0.0500. The first-order chi connectivity index (χ1) is 18.6. The first kappa shape index (κ1) is 27.4. The smallest absolute Gasteiger partial charge is 0.387 e. The Bertz CT molecular complexity index is 1710. The highest BCUT2D eigenvalue weighted by Crippen LogP contribution is 2.30. The summed E-state index contributed by atoms with van der Waals surface area (Å²) in [5.41, 5.74) is -1.19. The van der Waals surface area contributed by atoms with Crippen LogP contribution in [0.3, 0.4) is 0 Å². The molecule has 0 aliphatic carbocycles. The van der Waals surface area contributed by atoms with Crippen molar-refractivity contribution in [3.63, 3.8) is 0 Å². The van der Waals surface area contributed by atoms with Gasteiger partial charge in [0.05, 0.1) is 22.1 Å². The van der Waals surface area contributed by atoms with E-state index in [-0.39, 0.29) is 16.6 Å². The second-order valence-corrected chi connectivity index (χ2v) is 9.72. The Hall–Kier alpha value is -4.59. The van der Waals surface area contributed by atoms with Gasteiger partial charge in [0.15, 0.2) is 5.82 Å². The van der Waals surface area contributed by atoms with E-state index in [2.05, 4.69) is 19.7 Å². The number of aromatic nitrogens is 2. The van der Waals surface area contributed by atoms with Crippen LogP contribution < -0.4 is 9.46 Å². The van der Waals surface area contributed by atoms with Gasteiger partial charge < -0.3 is 15.1 Å². The van der Waals surface area contributed by atoms with Gasteiger partial charge in [0.2, 0.25) is 5.78 Å². The number of carbonyl (C=O) groups is 1. The van der Waals surface area contributed by atoms with Gasteiger partial charge in [0.1, 0.15) is 17.2 Å². The summed E-state index contributed by atoms with van der Waals surface area (Å²) in [6, 6.07) is 7.11. The third-order valence-electron chi connectivity index (χ3n) is 5.57. The van der Waals surface area contributed by atoms with Gasteiger partial charge in [-0.3, -0.25) is 14.5 Å². The van der Waals surface area contributed by atoms with Crippen LogP contribution in [0.1, 0.15) is 27.4 Å². The van der Waals surface area contributed by atoms with Crippen LogP contribution in [-0.2, 0) is 10.0 Å². The Morgan fingerprint density at radius 1 is 1.21 bits per heavy atom. The second kappa shape index (κ2) is 11.0. The molecule has 0 radical (unpaired) electrons. The van der Waals surface area contributed by atoms with Crippen molar-refractivity contribution in [2.75, 3.05) is 11.8 Å². The number of rotatable bonds is 10. The van der Waals surface area contributed by atoms with E-state index in [1.807, 2.05) is 4.72 Å². The second-order valence-electron chi connectivity index (χ2n) is 8.04. The van der Waals surface area contributed by atoms with Crippen molar-refractivity contribution in [2.45, 2.75) is 17.4 Å². The molecule has 2 aromatic carbocycles. The van der Waals surface area contributed by atoms with Crippen molar-refractivity contribution in [2.24, 2.45) is 4.99 Å². The maximum atomic E-state index is 15.5. The molecule has 14 heteroatoms. The van der Waals surface area contributed by atoms with Crippen LogP contribution in [0.4, 0.5) is 23.2 Å². The van der Waals surface area contributed by atoms with Gasteiger partial charge in [-0.15, -0.1) is 0 Å². The topological polar surface area (TPSA) is 137 Å². The van der Waals surface area contributed by atoms with Gasteiger partial charge in [-0.05, 0) is 35.9 Å². The minimum Gasteiger partial charge on any atom is -0.435 e. The van der Waals surface area contributed by atoms with E-state index >= 15 is 4.39 Å². The highest BCUT2D eigenvalue weighted by atomic mass is 32.2. The van der Waals surface area contributed by atoms with E-state index in [1.54, 1.807) is 0 Å². The molecule has 0 saturated heterocycles. The fraction of sp³-hybridized carbons (Fsp3) is 0.120. The fourth-order valence-corrected chi connectivity index (χ4v) is 4.87.